The zero-order valence-electron chi connectivity index (χ0n) is 25.3. The van der Waals surface area contributed by atoms with Crippen LogP contribution in [0.4, 0.5) is 0 Å². The number of hydrogen-bond acceptors (Lipinski definition) is 1. The molecule has 3 saturated carbocycles. The molecular weight excluding hydrogens is 460 g/mol. The molecule has 0 aliphatic heterocycles. The smallest absolute Gasteiger partial charge is 0.119 e. The molecule has 0 heterocycles. The van der Waals surface area contributed by atoms with Gasteiger partial charge >= 0.3 is 0 Å². The third-order valence-electron chi connectivity index (χ3n) is 10.8. The summed E-state index contributed by atoms with van der Waals surface area (Å²) in [7, 11) is 0. The van der Waals surface area contributed by atoms with Crippen molar-refractivity contribution in [1.29, 1.82) is 0 Å². The minimum absolute atomic E-state index is 0.888. The first-order chi connectivity index (χ1) is 18.8. The summed E-state index contributed by atoms with van der Waals surface area (Å²) in [6.45, 7) is 3.28. The summed E-state index contributed by atoms with van der Waals surface area (Å²) in [5.41, 5.74) is 1.52. The lowest BCUT2D eigenvalue weighted by molar-refractivity contribution is 0.0746. The Labute approximate surface area is 237 Å². The maximum atomic E-state index is 6.49. The molecule has 1 nitrogen and oxygen atoms in total. The van der Waals surface area contributed by atoms with E-state index in [-0.39, 0.29) is 0 Å². The lowest BCUT2D eigenvalue weighted by atomic mass is 9.64. The van der Waals surface area contributed by atoms with E-state index in [1.807, 2.05) is 0 Å². The van der Waals surface area contributed by atoms with Gasteiger partial charge in [0.1, 0.15) is 5.75 Å². The highest BCUT2D eigenvalue weighted by molar-refractivity contribution is 5.27. The standard InChI is InChI=1S/C37H62O/c1-2-3-10-19-33-22-15-16-23-36(33)37(34-20-13-8-5-9-14-21-34)28-29-38-35-26-24-32(25-27-35)30-31-17-11-6-4-7-12-18-31/h24-27,31,33-34,36-37H,2-23,28-30H2,1H3. The van der Waals surface area contributed by atoms with Crippen molar-refractivity contribution in [3.05, 3.63) is 29.8 Å². The summed E-state index contributed by atoms with van der Waals surface area (Å²) >= 11 is 0. The number of hydrogen-bond donors (Lipinski definition) is 0. The van der Waals surface area contributed by atoms with E-state index in [0.29, 0.717) is 0 Å². The molecule has 1 aromatic carbocycles. The van der Waals surface area contributed by atoms with Gasteiger partial charge in [0, 0.05) is 0 Å². The zero-order chi connectivity index (χ0) is 26.3. The Kier molecular flexibility index (Phi) is 13.9. The third-order valence-corrected chi connectivity index (χ3v) is 10.8. The van der Waals surface area contributed by atoms with Crippen LogP contribution in [0.25, 0.3) is 0 Å². The fourth-order valence-corrected chi connectivity index (χ4v) is 8.64. The molecule has 3 aliphatic carbocycles. The van der Waals surface area contributed by atoms with Gasteiger partial charge in [0.2, 0.25) is 0 Å². The molecule has 0 saturated heterocycles. The van der Waals surface area contributed by atoms with Crippen molar-refractivity contribution in [1.82, 2.24) is 0 Å². The van der Waals surface area contributed by atoms with Crippen LogP contribution in [-0.4, -0.2) is 6.61 Å². The van der Waals surface area contributed by atoms with Crippen LogP contribution in [0.5, 0.6) is 5.75 Å². The van der Waals surface area contributed by atoms with Gasteiger partial charge in [0.15, 0.2) is 0 Å². The lowest BCUT2D eigenvalue weighted by Gasteiger charge is -2.42. The van der Waals surface area contributed by atoms with Crippen LogP contribution in [-0.2, 0) is 6.42 Å². The third kappa shape index (κ3) is 10.2. The average Bonchev–Trinajstić information content (AvgIpc) is 2.90. The van der Waals surface area contributed by atoms with Crippen LogP contribution in [0.1, 0.15) is 160 Å². The average molecular weight is 523 g/mol. The van der Waals surface area contributed by atoms with Gasteiger partial charge in [0.25, 0.3) is 0 Å². The van der Waals surface area contributed by atoms with Gasteiger partial charge in [-0.05, 0) is 66.5 Å². The topological polar surface area (TPSA) is 9.23 Å². The van der Waals surface area contributed by atoms with E-state index in [1.165, 1.54) is 160 Å². The molecular formula is C37H62O. The van der Waals surface area contributed by atoms with Crippen molar-refractivity contribution in [2.45, 2.75) is 161 Å². The normalized spacial score (nSPS) is 25.6. The maximum Gasteiger partial charge on any atom is 0.119 e. The largest absolute Gasteiger partial charge is 0.494 e. The second-order valence-electron chi connectivity index (χ2n) is 13.7. The highest BCUT2D eigenvalue weighted by Gasteiger charge is 2.35. The molecule has 216 valence electrons. The molecule has 3 aliphatic rings. The molecule has 0 amide bonds. The van der Waals surface area contributed by atoms with Crippen LogP contribution in [0.2, 0.25) is 0 Å². The van der Waals surface area contributed by atoms with Crippen LogP contribution in [0, 0.1) is 29.6 Å². The summed E-state index contributed by atoms with van der Waals surface area (Å²) in [6, 6.07) is 9.28. The molecule has 1 aromatic rings. The van der Waals surface area contributed by atoms with Crippen LogP contribution in [0.15, 0.2) is 24.3 Å². The van der Waals surface area contributed by atoms with E-state index < -0.39 is 0 Å². The van der Waals surface area contributed by atoms with Crippen molar-refractivity contribution < 1.29 is 4.74 Å². The summed E-state index contributed by atoms with van der Waals surface area (Å²) in [4.78, 5) is 0. The Hall–Kier alpha value is -0.980. The summed E-state index contributed by atoms with van der Waals surface area (Å²) in [5.74, 6) is 5.77. The molecule has 0 aromatic heterocycles. The fourth-order valence-electron chi connectivity index (χ4n) is 8.64. The predicted octanol–water partition coefficient (Wildman–Crippen LogP) is 11.7. The second-order valence-corrected chi connectivity index (χ2v) is 13.7. The molecule has 1 heteroatoms. The Morgan fingerprint density at radius 1 is 0.684 bits per heavy atom. The molecule has 4 rings (SSSR count). The SMILES string of the molecule is CCCCCC1CCCCC1C(CCOc1ccc(CC2CCCCCCC2)cc1)C1CCCCCCC1. The summed E-state index contributed by atoms with van der Waals surface area (Å²) < 4.78 is 6.49. The first-order valence-corrected chi connectivity index (χ1v) is 17.5. The van der Waals surface area contributed by atoms with E-state index in [2.05, 4.69) is 31.2 Å². The van der Waals surface area contributed by atoms with Crippen LogP contribution < -0.4 is 4.74 Å². The van der Waals surface area contributed by atoms with Gasteiger partial charge in [-0.2, -0.15) is 0 Å². The maximum absolute atomic E-state index is 6.49. The predicted molar refractivity (Wildman–Crippen MR) is 165 cm³/mol. The highest BCUT2D eigenvalue weighted by Crippen LogP contribution is 2.45. The van der Waals surface area contributed by atoms with Crippen molar-refractivity contribution >= 4 is 0 Å². The van der Waals surface area contributed by atoms with Gasteiger partial charge in [0.05, 0.1) is 6.61 Å². The van der Waals surface area contributed by atoms with Crippen molar-refractivity contribution in [2.24, 2.45) is 29.6 Å². The first kappa shape index (κ1) is 30.0. The molecule has 0 spiro atoms. The van der Waals surface area contributed by atoms with Crippen molar-refractivity contribution in [3.63, 3.8) is 0 Å². The fraction of sp³-hybridized carbons (Fsp3) is 0.838. The van der Waals surface area contributed by atoms with Crippen LogP contribution >= 0.6 is 0 Å². The molecule has 0 bridgehead atoms. The molecule has 3 fully saturated rings. The zero-order valence-corrected chi connectivity index (χ0v) is 25.3. The Bertz CT molecular complexity index is 707. The number of unbranched alkanes of at least 4 members (excludes halogenated alkanes) is 2. The van der Waals surface area contributed by atoms with Gasteiger partial charge < -0.3 is 4.74 Å². The van der Waals surface area contributed by atoms with Crippen molar-refractivity contribution in [3.8, 4) is 5.75 Å². The lowest BCUT2D eigenvalue weighted by Crippen LogP contribution is -2.33. The Morgan fingerprint density at radius 3 is 1.97 bits per heavy atom. The molecule has 3 unspecified atom stereocenters. The van der Waals surface area contributed by atoms with E-state index in [4.69, 9.17) is 4.74 Å². The Balaban J connectivity index is 1.33. The van der Waals surface area contributed by atoms with E-state index >= 15 is 0 Å². The first-order valence-electron chi connectivity index (χ1n) is 17.5. The molecule has 0 radical (unpaired) electrons. The summed E-state index contributed by atoms with van der Waals surface area (Å²) in [6.07, 6.45) is 34.7. The van der Waals surface area contributed by atoms with Gasteiger partial charge in [-0.3, -0.25) is 0 Å². The quantitative estimate of drug-likeness (QED) is 0.248. The second kappa shape index (κ2) is 17.7. The van der Waals surface area contributed by atoms with Crippen LogP contribution in [0.3, 0.4) is 0 Å². The summed E-state index contributed by atoms with van der Waals surface area (Å²) in [5, 5.41) is 0. The van der Waals surface area contributed by atoms with E-state index in [1.54, 1.807) is 0 Å². The molecule has 0 N–H and O–H groups in total. The molecule has 38 heavy (non-hydrogen) atoms. The van der Waals surface area contributed by atoms with Gasteiger partial charge in [-0.15, -0.1) is 0 Å². The number of rotatable bonds is 12. The highest BCUT2D eigenvalue weighted by atomic mass is 16.5. The minimum Gasteiger partial charge on any atom is -0.494 e. The monoisotopic (exact) mass is 522 g/mol. The van der Waals surface area contributed by atoms with Crippen molar-refractivity contribution in [2.75, 3.05) is 6.61 Å². The van der Waals surface area contributed by atoms with E-state index in [0.717, 1.165) is 41.9 Å². The minimum atomic E-state index is 0.888. The van der Waals surface area contributed by atoms with Gasteiger partial charge in [-0.1, -0.05) is 154 Å². The Morgan fingerprint density at radius 2 is 1.29 bits per heavy atom. The van der Waals surface area contributed by atoms with E-state index in [9.17, 15) is 0 Å². The number of ether oxygens (including phenoxy) is 1. The number of benzene rings is 1. The van der Waals surface area contributed by atoms with Gasteiger partial charge in [-0.25, -0.2) is 0 Å². The molecule has 3 atom stereocenters.